The van der Waals surface area contributed by atoms with E-state index in [1.54, 1.807) is 12.1 Å². The van der Waals surface area contributed by atoms with E-state index < -0.39 is 0 Å². The quantitative estimate of drug-likeness (QED) is 0.500. The summed E-state index contributed by atoms with van der Waals surface area (Å²) in [5, 5.41) is 0. The highest BCUT2D eigenvalue weighted by molar-refractivity contribution is 9.10. The first-order valence-corrected chi connectivity index (χ1v) is 6.40. The van der Waals surface area contributed by atoms with E-state index in [9.17, 15) is 4.39 Å². The lowest BCUT2D eigenvalue weighted by molar-refractivity contribution is 0.301. The molecule has 1 aromatic heterocycles. The summed E-state index contributed by atoms with van der Waals surface area (Å²) in [4.78, 5) is 3.89. The molecule has 0 fully saturated rings. The first-order chi connectivity index (χ1) is 9.51. The minimum absolute atomic E-state index is 0.00291. The van der Waals surface area contributed by atoms with Gasteiger partial charge >= 0.3 is 0 Å². The average molecular weight is 342 g/mol. The molecule has 0 spiro atoms. The molecule has 1 heterocycles. The molecule has 0 unspecified atom stereocenters. The van der Waals surface area contributed by atoms with E-state index in [-0.39, 0.29) is 35.5 Å². The zero-order chi connectivity index (χ0) is 14.7. The van der Waals surface area contributed by atoms with Crippen LogP contribution in [-0.2, 0) is 6.61 Å². The van der Waals surface area contributed by atoms with E-state index in [0.29, 0.717) is 5.56 Å². The molecule has 7 N–H and O–H groups in total. The van der Waals surface area contributed by atoms with Crippen LogP contribution in [-0.4, -0.2) is 4.98 Å². The second kappa shape index (κ2) is 5.93. The molecule has 8 heteroatoms. The fourth-order valence-corrected chi connectivity index (χ4v) is 2.00. The van der Waals surface area contributed by atoms with Crippen LogP contribution in [0.2, 0.25) is 0 Å². The standard InChI is InChI=1S/C12H13BrFN5O/c13-7-1-2-8(14)6(3-7)5-20-9-4-10(15)18-12(19-17)11(9)16/h1-4H,5,16-17H2,(H3,15,18,19). The largest absolute Gasteiger partial charge is 0.486 e. The number of hydrogen-bond acceptors (Lipinski definition) is 6. The number of nitrogen functional groups attached to an aromatic ring is 3. The fourth-order valence-electron chi connectivity index (χ4n) is 1.59. The van der Waals surface area contributed by atoms with Crippen LogP contribution in [0.3, 0.4) is 0 Å². The molecule has 0 aliphatic heterocycles. The van der Waals surface area contributed by atoms with Gasteiger partial charge in [0.2, 0.25) is 0 Å². The Hall–Kier alpha value is -2.06. The van der Waals surface area contributed by atoms with Gasteiger partial charge in [-0.25, -0.2) is 15.2 Å². The van der Waals surface area contributed by atoms with Crippen molar-refractivity contribution in [2.45, 2.75) is 6.61 Å². The van der Waals surface area contributed by atoms with Crippen molar-refractivity contribution in [3.05, 3.63) is 40.1 Å². The molecule has 0 saturated carbocycles. The second-order valence-electron chi connectivity index (χ2n) is 3.98. The maximum absolute atomic E-state index is 13.6. The van der Waals surface area contributed by atoms with E-state index in [1.807, 2.05) is 0 Å². The Labute approximate surface area is 123 Å². The highest BCUT2D eigenvalue weighted by Crippen LogP contribution is 2.30. The number of anilines is 3. The molecular formula is C12H13BrFN5O. The van der Waals surface area contributed by atoms with Gasteiger partial charge in [0.1, 0.15) is 29.7 Å². The van der Waals surface area contributed by atoms with Crippen LogP contribution in [0.15, 0.2) is 28.7 Å². The molecule has 0 atom stereocenters. The predicted molar refractivity (Wildman–Crippen MR) is 79.3 cm³/mol. The number of benzene rings is 1. The van der Waals surface area contributed by atoms with Gasteiger partial charge in [0.05, 0.1) is 0 Å². The molecule has 0 radical (unpaired) electrons. The van der Waals surface area contributed by atoms with Crippen LogP contribution in [0, 0.1) is 5.82 Å². The van der Waals surface area contributed by atoms with Crippen LogP contribution >= 0.6 is 15.9 Å². The van der Waals surface area contributed by atoms with Gasteiger partial charge < -0.3 is 21.6 Å². The van der Waals surface area contributed by atoms with Gasteiger partial charge in [0.15, 0.2) is 5.82 Å². The Bertz CT molecular complexity index is 637. The summed E-state index contributed by atoms with van der Waals surface area (Å²) in [5.74, 6) is 5.58. The number of hydrogen-bond donors (Lipinski definition) is 4. The van der Waals surface area contributed by atoms with Crippen molar-refractivity contribution in [3.63, 3.8) is 0 Å². The predicted octanol–water partition coefficient (Wildman–Crippen LogP) is 2.01. The smallest absolute Gasteiger partial charge is 0.169 e. The van der Waals surface area contributed by atoms with E-state index in [1.165, 1.54) is 12.1 Å². The number of nitrogens with one attached hydrogen (secondary N) is 1. The lowest BCUT2D eigenvalue weighted by Crippen LogP contribution is -2.13. The summed E-state index contributed by atoms with van der Waals surface area (Å²) in [5.41, 5.74) is 14.3. The van der Waals surface area contributed by atoms with Gasteiger partial charge in [0, 0.05) is 16.1 Å². The summed E-state index contributed by atoms with van der Waals surface area (Å²) in [6.07, 6.45) is 0. The van der Waals surface area contributed by atoms with Crippen molar-refractivity contribution in [1.82, 2.24) is 4.98 Å². The summed E-state index contributed by atoms with van der Waals surface area (Å²) < 4.78 is 19.8. The van der Waals surface area contributed by atoms with Crippen molar-refractivity contribution in [3.8, 4) is 5.75 Å². The molecule has 0 aliphatic rings. The monoisotopic (exact) mass is 341 g/mol. The van der Waals surface area contributed by atoms with Crippen LogP contribution < -0.4 is 27.5 Å². The van der Waals surface area contributed by atoms with Gasteiger partial charge in [-0.1, -0.05) is 15.9 Å². The molecular weight excluding hydrogens is 329 g/mol. The van der Waals surface area contributed by atoms with Gasteiger partial charge in [-0.15, -0.1) is 0 Å². The van der Waals surface area contributed by atoms with E-state index in [0.717, 1.165) is 4.47 Å². The number of ether oxygens (including phenoxy) is 1. The zero-order valence-corrected chi connectivity index (χ0v) is 11.9. The van der Waals surface area contributed by atoms with Crippen molar-refractivity contribution in [1.29, 1.82) is 0 Å². The fraction of sp³-hybridized carbons (Fsp3) is 0.0833. The number of pyridine rings is 1. The Balaban J connectivity index is 2.23. The maximum Gasteiger partial charge on any atom is 0.169 e. The van der Waals surface area contributed by atoms with E-state index in [4.69, 9.17) is 22.0 Å². The number of halogens is 2. The molecule has 0 aliphatic carbocycles. The molecule has 106 valence electrons. The van der Waals surface area contributed by atoms with Gasteiger partial charge in [-0.2, -0.15) is 0 Å². The van der Waals surface area contributed by atoms with Crippen molar-refractivity contribution >= 4 is 33.3 Å². The molecule has 0 bridgehead atoms. The molecule has 1 aromatic carbocycles. The first-order valence-electron chi connectivity index (χ1n) is 5.60. The van der Waals surface area contributed by atoms with Gasteiger partial charge in [-0.3, -0.25) is 0 Å². The Morgan fingerprint density at radius 1 is 1.30 bits per heavy atom. The topological polar surface area (TPSA) is 112 Å². The third-order valence-corrected chi connectivity index (χ3v) is 3.06. The summed E-state index contributed by atoms with van der Waals surface area (Å²) in [7, 11) is 0. The van der Waals surface area contributed by atoms with Crippen molar-refractivity contribution in [2.75, 3.05) is 16.9 Å². The molecule has 6 nitrogen and oxygen atoms in total. The lowest BCUT2D eigenvalue weighted by atomic mass is 10.2. The van der Waals surface area contributed by atoms with Crippen LogP contribution in [0.25, 0.3) is 0 Å². The minimum atomic E-state index is -0.369. The maximum atomic E-state index is 13.6. The number of rotatable bonds is 4. The van der Waals surface area contributed by atoms with Crippen LogP contribution in [0.4, 0.5) is 21.7 Å². The van der Waals surface area contributed by atoms with Gasteiger partial charge in [0.25, 0.3) is 0 Å². The Kier molecular flexibility index (Phi) is 4.26. The first kappa shape index (κ1) is 14.4. The third kappa shape index (κ3) is 3.09. The third-order valence-electron chi connectivity index (χ3n) is 2.57. The van der Waals surface area contributed by atoms with Crippen LogP contribution in [0.5, 0.6) is 5.75 Å². The zero-order valence-electron chi connectivity index (χ0n) is 10.4. The van der Waals surface area contributed by atoms with E-state index in [2.05, 4.69) is 26.3 Å². The number of nitrogens with zero attached hydrogens (tertiary/aromatic N) is 1. The number of aromatic nitrogens is 1. The van der Waals surface area contributed by atoms with Crippen molar-refractivity contribution in [2.24, 2.45) is 5.84 Å². The molecule has 0 saturated heterocycles. The summed E-state index contributed by atoms with van der Waals surface area (Å²) in [6, 6.07) is 6.03. The molecule has 2 rings (SSSR count). The Morgan fingerprint density at radius 3 is 2.75 bits per heavy atom. The normalized spacial score (nSPS) is 10.3. The summed E-state index contributed by atoms with van der Waals surface area (Å²) >= 11 is 3.27. The van der Waals surface area contributed by atoms with Crippen molar-refractivity contribution < 1.29 is 9.13 Å². The average Bonchev–Trinajstić information content (AvgIpc) is 2.42. The SMILES string of the molecule is NNc1nc(N)cc(OCc2cc(Br)ccc2F)c1N. The van der Waals surface area contributed by atoms with Crippen LogP contribution in [0.1, 0.15) is 5.56 Å². The summed E-state index contributed by atoms with van der Waals surface area (Å²) in [6.45, 7) is 0.00291. The lowest BCUT2D eigenvalue weighted by Gasteiger charge is -2.13. The molecule has 0 amide bonds. The number of hydrazine groups is 1. The Morgan fingerprint density at radius 2 is 2.05 bits per heavy atom. The molecule has 2 aromatic rings. The highest BCUT2D eigenvalue weighted by Gasteiger charge is 2.11. The molecule has 20 heavy (non-hydrogen) atoms. The van der Waals surface area contributed by atoms with E-state index >= 15 is 0 Å². The van der Waals surface area contributed by atoms with Gasteiger partial charge in [-0.05, 0) is 18.2 Å². The minimum Gasteiger partial charge on any atom is -0.486 e. The highest BCUT2D eigenvalue weighted by atomic mass is 79.9. The number of nitrogens with two attached hydrogens (primary N) is 3. The second-order valence-corrected chi connectivity index (χ2v) is 4.89.